The van der Waals surface area contributed by atoms with Crippen molar-refractivity contribution in [1.82, 2.24) is 0 Å². The van der Waals surface area contributed by atoms with Crippen molar-refractivity contribution >= 4 is 0 Å². The molecule has 0 aromatic carbocycles. The lowest BCUT2D eigenvalue weighted by molar-refractivity contribution is 0.268. The van der Waals surface area contributed by atoms with E-state index in [0.29, 0.717) is 0 Å². The first kappa shape index (κ1) is 13.3. The lowest BCUT2D eigenvalue weighted by Crippen LogP contribution is -1.79. The Morgan fingerprint density at radius 2 is 1.64 bits per heavy atom. The molecule has 1 nitrogen and oxygen atoms in total. The Morgan fingerprint density at radius 3 is 2.29 bits per heavy atom. The third kappa shape index (κ3) is 11.3. The van der Waals surface area contributed by atoms with Crippen LogP contribution in [-0.4, -0.2) is 6.61 Å². The topological polar surface area (TPSA) is 9.23 Å². The number of hydrogen-bond acceptors (Lipinski definition) is 1. The van der Waals surface area contributed by atoms with Crippen molar-refractivity contribution < 1.29 is 4.74 Å². The zero-order valence-corrected chi connectivity index (χ0v) is 9.50. The molecule has 0 fully saturated rings. The highest BCUT2D eigenvalue weighted by Crippen LogP contribution is 2.07. The first-order chi connectivity index (χ1) is 6.91. The first-order valence-electron chi connectivity index (χ1n) is 5.79. The van der Waals surface area contributed by atoms with Crippen molar-refractivity contribution in [3.8, 4) is 0 Å². The van der Waals surface area contributed by atoms with Crippen LogP contribution in [0.5, 0.6) is 0 Å². The molecule has 0 bridgehead atoms. The molecule has 0 aliphatic heterocycles. The Bertz CT molecular complexity index is 138. The summed E-state index contributed by atoms with van der Waals surface area (Å²) in [4.78, 5) is 0. The Morgan fingerprint density at radius 1 is 1.00 bits per heavy atom. The summed E-state index contributed by atoms with van der Waals surface area (Å²) in [5.74, 6) is 0. The Labute approximate surface area is 88.9 Å². The van der Waals surface area contributed by atoms with Crippen LogP contribution in [0.3, 0.4) is 0 Å². The van der Waals surface area contributed by atoms with Gasteiger partial charge < -0.3 is 4.74 Å². The molecule has 0 unspecified atom stereocenters. The van der Waals surface area contributed by atoms with E-state index in [1.54, 1.807) is 0 Å². The molecule has 0 radical (unpaired) electrons. The molecule has 1 heteroatoms. The second kappa shape index (κ2) is 12.3. The van der Waals surface area contributed by atoms with Gasteiger partial charge in [-0.3, -0.25) is 0 Å². The van der Waals surface area contributed by atoms with Gasteiger partial charge in [-0.15, -0.1) is 6.58 Å². The predicted octanol–water partition coefficient (Wildman–Crippen LogP) is 4.45. The molecule has 14 heavy (non-hydrogen) atoms. The van der Waals surface area contributed by atoms with Gasteiger partial charge in [0, 0.05) is 0 Å². The second-order valence-corrected chi connectivity index (χ2v) is 3.46. The van der Waals surface area contributed by atoms with Crippen LogP contribution < -0.4 is 0 Å². The van der Waals surface area contributed by atoms with Crippen molar-refractivity contribution in [1.29, 1.82) is 0 Å². The zero-order chi connectivity index (χ0) is 10.5. The number of rotatable bonds is 10. The van der Waals surface area contributed by atoms with Crippen molar-refractivity contribution in [2.75, 3.05) is 6.61 Å². The fourth-order valence-corrected chi connectivity index (χ4v) is 1.31. The molecule has 0 amide bonds. The van der Waals surface area contributed by atoms with E-state index in [2.05, 4.69) is 12.7 Å². The van der Waals surface area contributed by atoms with Gasteiger partial charge in [0.1, 0.15) is 0 Å². The van der Waals surface area contributed by atoms with Gasteiger partial charge in [0.15, 0.2) is 0 Å². The molecular formula is C13H24O. The lowest BCUT2D eigenvalue weighted by atomic mass is 10.1. The summed E-state index contributed by atoms with van der Waals surface area (Å²) in [6.07, 6.45) is 14.9. The van der Waals surface area contributed by atoms with Gasteiger partial charge in [-0.2, -0.15) is 0 Å². The maximum absolute atomic E-state index is 5.10. The fourth-order valence-electron chi connectivity index (χ4n) is 1.31. The van der Waals surface area contributed by atoms with Gasteiger partial charge >= 0.3 is 0 Å². The highest BCUT2D eigenvalue weighted by molar-refractivity contribution is 4.73. The summed E-state index contributed by atoms with van der Waals surface area (Å²) in [7, 11) is 0. The van der Waals surface area contributed by atoms with Gasteiger partial charge in [-0.1, -0.05) is 25.3 Å². The zero-order valence-electron chi connectivity index (χ0n) is 9.50. The quantitative estimate of drug-likeness (QED) is 0.285. The summed E-state index contributed by atoms with van der Waals surface area (Å²) in [5.41, 5.74) is 0. The molecule has 0 aliphatic carbocycles. The maximum Gasteiger partial charge on any atom is 0.0845 e. The maximum atomic E-state index is 5.10. The number of hydrogen-bond donors (Lipinski definition) is 0. The molecule has 0 aromatic rings. The number of ether oxygens (including phenoxy) is 1. The predicted molar refractivity (Wildman–Crippen MR) is 63.3 cm³/mol. The lowest BCUT2D eigenvalue weighted by Gasteiger charge is -1.98. The molecular weight excluding hydrogens is 172 g/mol. The fraction of sp³-hybridized carbons (Fsp3) is 0.692. The highest BCUT2D eigenvalue weighted by atomic mass is 16.5. The van der Waals surface area contributed by atoms with E-state index in [4.69, 9.17) is 4.74 Å². The van der Waals surface area contributed by atoms with E-state index in [-0.39, 0.29) is 0 Å². The minimum Gasteiger partial charge on any atom is -0.502 e. The third-order valence-corrected chi connectivity index (χ3v) is 2.14. The second-order valence-electron chi connectivity index (χ2n) is 3.46. The minimum atomic E-state index is 0.776. The molecule has 0 aliphatic rings. The Hall–Kier alpha value is -0.720. The van der Waals surface area contributed by atoms with Crippen LogP contribution in [0.15, 0.2) is 25.0 Å². The van der Waals surface area contributed by atoms with Crippen LogP contribution in [0.25, 0.3) is 0 Å². The van der Waals surface area contributed by atoms with E-state index < -0.39 is 0 Å². The number of unbranched alkanes of at least 4 members (excludes halogenated alkanes) is 6. The van der Waals surface area contributed by atoms with E-state index in [0.717, 1.165) is 13.0 Å². The van der Waals surface area contributed by atoms with E-state index in [9.17, 15) is 0 Å². The molecule has 0 spiro atoms. The first-order valence-corrected chi connectivity index (χ1v) is 5.79. The number of allylic oxidation sites excluding steroid dienone is 2. The molecule has 0 atom stereocenters. The van der Waals surface area contributed by atoms with Crippen molar-refractivity contribution in [3.63, 3.8) is 0 Å². The Balaban J connectivity index is 2.95. The van der Waals surface area contributed by atoms with E-state index in [1.807, 2.05) is 19.3 Å². The molecule has 0 N–H and O–H groups in total. The SMILES string of the molecule is C=CCCCCCCC/C=C/OCC. The smallest absolute Gasteiger partial charge is 0.0845 e. The highest BCUT2D eigenvalue weighted by Gasteiger charge is 1.88. The molecule has 0 rings (SSSR count). The van der Waals surface area contributed by atoms with Crippen molar-refractivity contribution in [2.24, 2.45) is 0 Å². The van der Waals surface area contributed by atoms with Crippen LogP contribution >= 0.6 is 0 Å². The average molecular weight is 196 g/mol. The van der Waals surface area contributed by atoms with E-state index in [1.165, 1.54) is 38.5 Å². The third-order valence-electron chi connectivity index (χ3n) is 2.14. The van der Waals surface area contributed by atoms with Gasteiger partial charge in [0.2, 0.25) is 0 Å². The van der Waals surface area contributed by atoms with Gasteiger partial charge in [-0.05, 0) is 38.7 Å². The average Bonchev–Trinajstić information content (AvgIpc) is 2.21. The summed E-state index contributed by atoms with van der Waals surface area (Å²) in [6, 6.07) is 0. The largest absolute Gasteiger partial charge is 0.502 e. The molecule has 0 aromatic heterocycles. The summed E-state index contributed by atoms with van der Waals surface area (Å²) in [5, 5.41) is 0. The van der Waals surface area contributed by atoms with Gasteiger partial charge in [0.25, 0.3) is 0 Å². The summed E-state index contributed by atoms with van der Waals surface area (Å²) < 4.78 is 5.10. The van der Waals surface area contributed by atoms with Crippen LogP contribution in [0, 0.1) is 0 Å². The van der Waals surface area contributed by atoms with Crippen LogP contribution in [-0.2, 0) is 4.74 Å². The van der Waals surface area contributed by atoms with Crippen molar-refractivity contribution in [2.45, 2.75) is 51.9 Å². The molecule has 0 heterocycles. The van der Waals surface area contributed by atoms with Gasteiger partial charge in [0.05, 0.1) is 12.9 Å². The minimum absolute atomic E-state index is 0.776. The summed E-state index contributed by atoms with van der Waals surface area (Å²) >= 11 is 0. The standard InChI is InChI=1S/C13H24O/c1-3-5-6-7-8-9-10-11-12-13-14-4-2/h3,12-13H,1,4-11H2,2H3/b13-12+. The molecule has 0 saturated heterocycles. The Kier molecular flexibility index (Phi) is 11.6. The van der Waals surface area contributed by atoms with Crippen molar-refractivity contribution in [3.05, 3.63) is 25.0 Å². The van der Waals surface area contributed by atoms with Crippen LogP contribution in [0.4, 0.5) is 0 Å². The monoisotopic (exact) mass is 196 g/mol. The van der Waals surface area contributed by atoms with Crippen LogP contribution in [0.1, 0.15) is 51.9 Å². The molecule has 82 valence electrons. The normalized spacial score (nSPS) is 10.6. The van der Waals surface area contributed by atoms with Crippen LogP contribution in [0.2, 0.25) is 0 Å². The van der Waals surface area contributed by atoms with E-state index >= 15 is 0 Å². The van der Waals surface area contributed by atoms with Gasteiger partial charge in [-0.25, -0.2) is 0 Å². The summed E-state index contributed by atoms with van der Waals surface area (Å²) in [6.45, 7) is 6.49. The molecule has 0 saturated carbocycles.